The van der Waals surface area contributed by atoms with Crippen molar-refractivity contribution in [3.05, 3.63) is 0 Å². The Kier molecular flexibility index (Phi) is 21.4. The monoisotopic (exact) mass is 272 g/mol. The first kappa shape index (κ1) is 18.9. The van der Waals surface area contributed by atoms with E-state index in [1.54, 1.807) is 0 Å². The third kappa shape index (κ3) is 33.0. The zero-order valence-corrected chi connectivity index (χ0v) is 10.5. The SMILES string of the molecule is BBBCC.CC(=O)CC(C)=O.[Pd]. The molecule has 0 aromatic heterocycles. The van der Waals surface area contributed by atoms with Gasteiger partial charge in [-0.25, -0.2) is 0 Å². The van der Waals surface area contributed by atoms with E-state index in [9.17, 15) is 9.59 Å². The van der Waals surface area contributed by atoms with Gasteiger partial charge in [0.25, 0.3) is 0 Å². The van der Waals surface area contributed by atoms with E-state index in [4.69, 9.17) is 0 Å². The maximum Gasteiger partial charge on any atom is 0.137 e. The van der Waals surface area contributed by atoms with Crippen LogP contribution in [0.1, 0.15) is 27.2 Å². The first-order valence-electron chi connectivity index (χ1n) is 4.53. The minimum Gasteiger partial charge on any atom is -0.300 e. The average Bonchev–Trinajstić information content (AvgIpc) is 1.87. The molecule has 0 aliphatic rings. The number of carbonyl (C=O) groups is 2. The number of hydrogen-bond donors (Lipinski definition) is 0. The fraction of sp³-hybridized carbons (Fsp3) is 0.714. The molecule has 0 atom stereocenters. The molecular formula is C7H17B3O2Pd. The largest absolute Gasteiger partial charge is 0.300 e. The van der Waals surface area contributed by atoms with Gasteiger partial charge >= 0.3 is 0 Å². The van der Waals surface area contributed by atoms with E-state index in [2.05, 4.69) is 14.7 Å². The molecule has 0 N–H and O–H groups in total. The topological polar surface area (TPSA) is 34.1 Å². The Balaban J connectivity index is -0.000000150. The van der Waals surface area contributed by atoms with Gasteiger partial charge in [-0.15, -0.1) is 0 Å². The van der Waals surface area contributed by atoms with Crippen LogP contribution in [0.2, 0.25) is 6.32 Å². The van der Waals surface area contributed by atoms with Crippen LogP contribution in [0.25, 0.3) is 0 Å². The number of hydrogen-bond acceptors (Lipinski definition) is 2. The molecule has 0 saturated heterocycles. The average molecular weight is 272 g/mol. The van der Waals surface area contributed by atoms with Crippen LogP contribution in [0.5, 0.6) is 0 Å². The van der Waals surface area contributed by atoms with Gasteiger partial charge in [-0.3, -0.25) is 9.59 Å². The third-order valence-corrected chi connectivity index (χ3v) is 1.20. The molecule has 0 amide bonds. The van der Waals surface area contributed by atoms with Crippen LogP contribution in [0.3, 0.4) is 0 Å². The molecule has 76 valence electrons. The van der Waals surface area contributed by atoms with Crippen LogP contribution in [-0.4, -0.2) is 33.5 Å². The van der Waals surface area contributed by atoms with E-state index in [1.165, 1.54) is 34.4 Å². The van der Waals surface area contributed by atoms with Crippen LogP contribution >= 0.6 is 0 Å². The standard InChI is InChI=1S/C5H8O2.C2H9B3.Pd/c1-4(6)3-5(2)7;1-2-4-5-3;/h3H2,1-2H3;4-5H,2-3H2,1H3;. The predicted molar refractivity (Wildman–Crippen MR) is 59.3 cm³/mol. The van der Waals surface area contributed by atoms with Crippen LogP contribution in [0.15, 0.2) is 0 Å². The quantitative estimate of drug-likeness (QED) is 0.501. The van der Waals surface area contributed by atoms with Crippen molar-refractivity contribution in [1.29, 1.82) is 0 Å². The Morgan fingerprint density at radius 1 is 1.23 bits per heavy atom. The molecule has 0 saturated carbocycles. The van der Waals surface area contributed by atoms with E-state index in [0.29, 0.717) is 0 Å². The van der Waals surface area contributed by atoms with Gasteiger partial charge in [0.15, 0.2) is 0 Å². The van der Waals surface area contributed by atoms with Crippen molar-refractivity contribution < 1.29 is 30.0 Å². The third-order valence-electron chi connectivity index (χ3n) is 1.20. The molecule has 0 heterocycles. The van der Waals surface area contributed by atoms with Gasteiger partial charge in [-0.1, -0.05) is 13.2 Å². The van der Waals surface area contributed by atoms with Gasteiger partial charge < -0.3 is 0 Å². The Morgan fingerprint density at radius 2 is 1.62 bits per heavy atom. The van der Waals surface area contributed by atoms with E-state index in [0.717, 1.165) is 0 Å². The molecule has 0 fully saturated rings. The van der Waals surface area contributed by atoms with Gasteiger partial charge in [-0.2, -0.15) is 0 Å². The smallest absolute Gasteiger partial charge is 0.137 e. The molecule has 0 aliphatic heterocycles. The van der Waals surface area contributed by atoms with Crippen molar-refractivity contribution in [2.45, 2.75) is 33.5 Å². The minimum absolute atomic E-state index is 0. The van der Waals surface area contributed by atoms with Gasteiger partial charge in [0.2, 0.25) is 0 Å². The van der Waals surface area contributed by atoms with Crippen molar-refractivity contribution in [2.24, 2.45) is 0 Å². The van der Waals surface area contributed by atoms with Gasteiger partial charge in [-0.05, 0) is 13.8 Å². The summed E-state index contributed by atoms with van der Waals surface area (Å²) in [6.45, 7) is 5.02. The van der Waals surface area contributed by atoms with E-state index in [1.807, 2.05) is 0 Å². The summed E-state index contributed by atoms with van der Waals surface area (Å²) in [6, 6.07) is 0. The first-order chi connectivity index (χ1) is 5.54. The fourth-order valence-corrected chi connectivity index (χ4v) is 0.704. The summed E-state index contributed by atoms with van der Waals surface area (Å²) in [5.74, 6) is -0.125. The molecule has 0 radical (unpaired) electrons. The summed E-state index contributed by atoms with van der Waals surface area (Å²) in [6.07, 6.45) is 1.43. The number of carbonyl (C=O) groups excluding carboxylic acids is 2. The van der Waals surface area contributed by atoms with E-state index >= 15 is 0 Å². The van der Waals surface area contributed by atoms with Crippen molar-refractivity contribution in [2.75, 3.05) is 0 Å². The molecule has 0 bridgehead atoms. The van der Waals surface area contributed by atoms with Crippen LogP contribution in [0.4, 0.5) is 0 Å². The maximum atomic E-state index is 10.0. The maximum absolute atomic E-state index is 10.0. The number of rotatable bonds is 4. The molecule has 6 heteroatoms. The second kappa shape index (κ2) is 14.7. The molecule has 13 heavy (non-hydrogen) atoms. The predicted octanol–water partition coefficient (Wildman–Crippen LogP) is -0.687. The Morgan fingerprint density at radius 3 is 1.62 bits per heavy atom. The van der Waals surface area contributed by atoms with Crippen molar-refractivity contribution in [3.63, 3.8) is 0 Å². The second-order valence-corrected chi connectivity index (χ2v) is 2.93. The molecule has 0 spiro atoms. The number of Topliss-reactive ketones (excluding diaryl/α,β-unsaturated/α-hetero) is 2. The van der Waals surface area contributed by atoms with Crippen LogP contribution in [-0.2, 0) is 30.0 Å². The minimum atomic E-state index is -0.0625. The van der Waals surface area contributed by atoms with Crippen molar-refractivity contribution >= 4 is 33.5 Å². The van der Waals surface area contributed by atoms with Crippen LogP contribution < -0.4 is 0 Å². The number of ketones is 2. The molecule has 0 aromatic carbocycles. The fourth-order valence-electron chi connectivity index (χ4n) is 0.704. The Labute approximate surface area is 97.1 Å². The summed E-state index contributed by atoms with van der Waals surface area (Å²) in [5.41, 5.74) is 0. The second-order valence-electron chi connectivity index (χ2n) is 2.93. The summed E-state index contributed by atoms with van der Waals surface area (Å²) in [5, 5.41) is 0. The molecule has 2 nitrogen and oxygen atoms in total. The van der Waals surface area contributed by atoms with Crippen LogP contribution in [0, 0.1) is 0 Å². The first-order valence-corrected chi connectivity index (χ1v) is 4.53. The Bertz CT molecular complexity index is 128. The van der Waals surface area contributed by atoms with Gasteiger partial charge in [0.1, 0.15) is 11.6 Å². The normalized spacial score (nSPS) is 7.00. The van der Waals surface area contributed by atoms with Crippen molar-refractivity contribution in [1.82, 2.24) is 0 Å². The molecule has 0 aromatic rings. The van der Waals surface area contributed by atoms with E-state index < -0.39 is 0 Å². The summed E-state index contributed by atoms with van der Waals surface area (Å²) >= 11 is 0. The zero-order valence-electron chi connectivity index (χ0n) is 8.96. The van der Waals surface area contributed by atoms with Gasteiger partial charge in [0.05, 0.1) is 28.4 Å². The molecule has 0 aliphatic carbocycles. The summed E-state index contributed by atoms with van der Waals surface area (Å²) in [7, 11) is 4.94. The summed E-state index contributed by atoms with van der Waals surface area (Å²) < 4.78 is 0. The van der Waals surface area contributed by atoms with Crippen molar-refractivity contribution in [3.8, 4) is 0 Å². The molecular weight excluding hydrogens is 255 g/mol. The van der Waals surface area contributed by atoms with Gasteiger partial charge in [0, 0.05) is 20.4 Å². The molecule has 0 rings (SSSR count). The molecule has 0 unspecified atom stereocenters. The zero-order chi connectivity index (χ0) is 9.98. The Hall–Kier alpha value is 0.197. The summed E-state index contributed by atoms with van der Waals surface area (Å²) in [4.78, 5) is 20.1. The van der Waals surface area contributed by atoms with E-state index in [-0.39, 0.29) is 38.4 Å².